The van der Waals surface area contributed by atoms with Crippen LogP contribution >= 0.6 is 11.3 Å². The zero-order valence-corrected chi connectivity index (χ0v) is 17.5. The largest absolute Gasteiger partial charge is 0.496 e. The molecule has 1 amide bonds. The van der Waals surface area contributed by atoms with E-state index in [0.29, 0.717) is 17.9 Å². The minimum Gasteiger partial charge on any atom is -0.496 e. The molecule has 4 rings (SSSR count). The van der Waals surface area contributed by atoms with Crippen molar-refractivity contribution in [2.45, 2.75) is 32.1 Å². The number of hydrogen-bond acceptors (Lipinski definition) is 5. The molecule has 150 valence electrons. The van der Waals surface area contributed by atoms with Crippen LogP contribution in [-0.4, -0.2) is 41.8 Å². The molecule has 1 aliphatic rings. The van der Waals surface area contributed by atoms with Crippen LogP contribution in [0.3, 0.4) is 0 Å². The number of thiazole rings is 1. The van der Waals surface area contributed by atoms with E-state index in [4.69, 9.17) is 9.72 Å². The summed E-state index contributed by atoms with van der Waals surface area (Å²) >= 11 is 1.73. The third-order valence-electron chi connectivity index (χ3n) is 5.46. The van der Waals surface area contributed by atoms with Crippen LogP contribution in [0.25, 0.3) is 10.2 Å². The first-order chi connectivity index (χ1) is 14.0. The van der Waals surface area contributed by atoms with E-state index in [9.17, 15) is 9.59 Å². The number of carbonyl (C=O) groups excluding carboxylic acids is 2. The van der Waals surface area contributed by atoms with Gasteiger partial charge in [-0.15, -0.1) is 11.3 Å². The molecule has 0 aliphatic carbocycles. The van der Waals surface area contributed by atoms with E-state index in [1.807, 2.05) is 23.1 Å². The summed E-state index contributed by atoms with van der Waals surface area (Å²) in [6, 6.07) is 13.4. The first-order valence-corrected chi connectivity index (χ1v) is 10.7. The Hall–Kier alpha value is -2.73. The molecular weight excluding hydrogens is 384 g/mol. The molecule has 0 unspecified atom stereocenters. The molecule has 1 aliphatic heterocycles. The van der Waals surface area contributed by atoms with Crippen molar-refractivity contribution in [1.29, 1.82) is 0 Å². The molecule has 1 fully saturated rings. The lowest BCUT2D eigenvalue weighted by atomic mass is 9.97. The monoisotopic (exact) mass is 408 g/mol. The number of hydrogen-bond donors (Lipinski definition) is 0. The van der Waals surface area contributed by atoms with Gasteiger partial charge >= 0.3 is 0 Å². The van der Waals surface area contributed by atoms with Crippen LogP contribution < -0.4 is 4.74 Å². The average molecular weight is 409 g/mol. The Morgan fingerprint density at radius 2 is 2.07 bits per heavy atom. The van der Waals surface area contributed by atoms with Crippen molar-refractivity contribution in [3.63, 3.8) is 0 Å². The van der Waals surface area contributed by atoms with Crippen molar-refractivity contribution in [2.24, 2.45) is 0 Å². The molecule has 6 heteroatoms. The molecule has 5 nitrogen and oxygen atoms in total. The summed E-state index contributed by atoms with van der Waals surface area (Å²) in [5.41, 5.74) is 2.38. The van der Waals surface area contributed by atoms with Gasteiger partial charge in [0.1, 0.15) is 5.75 Å². The number of amides is 1. The number of nitrogens with zero attached hydrogens (tertiary/aromatic N) is 2. The molecule has 1 atom stereocenters. The molecule has 1 saturated heterocycles. The van der Waals surface area contributed by atoms with Crippen LogP contribution in [0.15, 0.2) is 42.5 Å². The van der Waals surface area contributed by atoms with E-state index >= 15 is 0 Å². The summed E-state index contributed by atoms with van der Waals surface area (Å²) in [5, 5.41) is 1.11. The van der Waals surface area contributed by atoms with Crippen LogP contribution in [-0.2, 0) is 11.2 Å². The van der Waals surface area contributed by atoms with E-state index in [-0.39, 0.29) is 24.0 Å². The van der Waals surface area contributed by atoms with Crippen molar-refractivity contribution in [3.8, 4) is 5.75 Å². The summed E-state index contributed by atoms with van der Waals surface area (Å²) in [4.78, 5) is 31.5. The fraction of sp³-hybridized carbons (Fsp3) is 0.348. The van der Waals surface area contributed by atoms with Crippen LogP contribution in [0.2, 0.25) is 0 Å². The van der Waals surface area contributed by atoms with Gasteiger partial charge in [-0.1, -0.05) is 12.1 Å². The fourth-order valence-corrected chi connectivity index (χ4v) is 4.97. The van der Waals surface area contributed by atoms with E-state index < -0.39 is 0 Å². The maximum Gasteiger partial charge on any atom is 0.227 e. The highest BCUT2D eigenvalue weighted by Gasteiger charge is 2.27. The van der Waals surface area contributed by atoms with Gasteiger partial charge in [0.25, 0.3) is 0 Å². The zero-order valence-electron chi connectivity index (χ0n) is 16.7. The molecule has 0 saturated carbocycles. The van der Waals surface area contributed by atoms with E-state index in [1.54, 1.807) is 36.6 Å². The topological polar surface area (TPSA) is 59.5 Å². The molecule has 0 bridgehead atoms. The maximum absolute atomic E-state index is 13.0. The van der Waals surface area contributed by atoms with Crippen molar-refractivity contribution in [2.75, 3.05) is 20.2 Å². The number of rotatable bonds is 5. The highest BCUT2D eigenvalue weighted by atomic mass is 32.1. The van der Waals surface area contributed by atoms with Crippen LogP contribution in [0, 0.1) is 0 Å². The predicted molar refractivity (Wildman–Crippen MR) is 115 cm³/mol. The number of fused-ring (bicyclic) bond motifs is 1. The number of para-hydroxylation sites is 1. The van der Waals surface area contributed by atoms with Gasteiger partial charge in [-0.2, -0.15) is 0 Å². The minimum atomic E-state index is -0.0183. The highest BCUT2D eigenvalue weighted by molar-refractivity contribution is 7.18. The number of piperidine rings is 1. The number of ether oxygens (including phenoxy) is 1. The molecule has 0 radical (unpaired) electrons. The first-order valence-electron chi connectivity index (χ1n) is 9.86. The second-order valence-corrected chi connectivity index (χ2v) is 8.52. The number of carbonyl (C=O) groups is 2. The fourth-order valence-electron chi connectivity index (χ4n) is 3.88. The number of benzene rings is 2. The third-order valence-corrected chi connectivity index (χ3v) is 6.66. The van der Waals surface area contributed by atoms with E-state index in [2.05, 4.69) is 6.07 Å². The highest BCUT2D eigenvalue weighted by Crippen LogP contribution is 2.33. The number of aromatic nitrogens is 1. The Kier molecular flexibility index (Phi) is 5.62. The summed E-state index contributed by atoms with van der Waals surface area (Å²) in [5.74, 6) is 0.962. The van der Waals surface area contributed by atoms with E-state index in [0.717, 1.165) is 35.5 Å². The van der Waals surface area contributed by atoms with Gasteiger partial charge in [0.15, 0.2) is 5.78 Å². The van der Waals surface area contributed by atoms with Gasteiger partial charge in [0.05, 0.1) is 28.8 Å². The van der Waals surface area contributed by atoms with Gasteiger partial charge in [-0.25, -0.2) is 4.98 Å². The third kappa shape index (κ3) is 4.17. The lowest BCUT2D eigenvalue weighted by molar-refractivity contribution is -0.131. The average Bonchev–Trinajstić information content (AvgIpc) is 3.18. The van der Waals surface area contributed by atoms with Crippen LogP contribution in [0.5, 0.6) is 5.75 Å². The smallest absolute Gasteiger partial charge is 0.227 e. The number of likely N-dealkylation sites (tertiary alicyclic amines) is 1. The molecular formula is C23H24N2O3S. The molecule has 0 spiro atoms. The Bertz CT molecular complexity index is 1030. The Morgan fingerprint density at radius 3 is 2.83 bits per heavy atom. The number of methoxy groups -OCH3 is 1. The second kappa shape index (κ2) is 8.33. The number of ketones is 1. The van der Waals surface area contributed by atoms with E-state index in [1.165, 1.54) is 11.6 Å². The van der Waals surface area contributed by atoms with Crippen molar-refractivity contribution in [1.82, 2.24) is 9.88 Å². The normalized spacial score (nSPS) is 16.8. The van der Waals surface area contributed by atoms with Crippen molar-refractivity contribution in [3.05, 3.63) is 58.6 Å². The van der Waals surface area contributed by atoms with Gasteiger partial charge < -0.3 is 9.64 Å². The minimum absolute atomic E-state index is 0.0183. The maximum atomic E-state index is 13.0. The van der Waals surface area contributed by atoms with Gasteiger partial charge in [0.2, 0.25) is 5.91 Å². The lowest BCUT2D eigenvalue weighted by Gasteiger charge is -2.32. The quantitative estimate of drug-likeness (QED) is 0.585. The summed E-state index contributed by atoms with van der Waals surface area (Å²) in [6.45, 7) is 2.98. The predicted octanol–water partition coefficient (Wildman–Crippen LogP) is 4.46. The molecule has 2 aromatic carbocycles. The van der Waals surface area contributed by atoms with Crippen LogP contribution in [0.4, 0.5) is 0 Å². The summed E-state index contributed by atoms with van der Waals surface area (Å²) < 4.78 is 6.59. The van der Waals surface area contributed by atoms with Crippen molar-refractivity contribution >= 4 is 33.2 Å². The van der Waals surface area contributed by atoms with Crippen LogP contribution in [0.1, 0.15) is 46.6 Å². The summed E-state index contributed by atoms with van der Waals surface area (Å²) in [6.07, 6.45) is 2.25. The molecule has 0 N–H and O–H groups in total. The van der Waals surface area contributed by atoms with Crippen molar-refractivity contribution < 1.29 is 14.3 Å². The van der Waals surface area contributed by atoms with Gasteiger partial charge in [-0.05, 0) is 50.1 Å². The second-order valence-electron chi connectivity index (χ2n) is 7.46. The molecule has 29 heavy (non-hydrogen) atoms. The number of Topliss-reactive ketones (excluding diaryl/α,β-unsaturated/α-hetero) is 1. The van der Waals surface area contributed by atoms with Gasteiger partial charge in [-0.3, -0.25) is 9.59 Å². The Labute approximate surface area is 174 Å². The summed E-state index contributed by atoms with van der Waals surface area (Å²) in [7, 11) is 1.58. The first kappa shape index (κ1) is 19.6. The molecule has 3 aromatic rings. The zero-order chi connectivity index (χ0) is 20.4. The Morgan fingerprint density at radius 1 is 1.24 bits per heavy atom. The lowest BCUT2D eigenvalue weighted by Crippen LogP contribution is -2.40. The standard InChI is InChI=1S/C23H24N2O3S/c1-15(26)16-9-10-20(28-2)18(12-16)13-22(27)25-11-5-6-17(14-25)23-24-19-7-3-4-8-21(19)29-23/h3-4,7-10,12,17H,5-6,11,13-14H2,1-2H3/t17-/m1/s1. The Balaban J connectivity index is 1.50. The SMILES string of the molecule is COc1ccc(C(C)=O)cc1CC(=O)N1CCC[C@@H](c2nc3ccccc3s2)C1. The van der Waals surface area contributed by atoms with Gasteiger partial charge in [0, 0.05) is 30.1 Å². The molecule has 1 aromatic heterocycles. The molecule has 2 heterocycles.